The highest BCUT2D eigenvalue weighted by atomic mass is 15.1. The minimum atomic E-state index is 0.658. The fourth-order valence-electron chi connectivity index (χ4n) is 2.57. The second-order valence-corrected chi connectivity index (χ2v) is 5.03. The van der Waals surface area contributed by atoms with Crippen molar-refractivity contribution in [3.05, 3.63) is 29.3 Å². The topological polar surface area (TPSA) is 15.3 Å². The number of nitrogens with one attached hydrogen (secondary N) is 1. The van der Waals surface area contributed by atoms with E-state index in [1.165, 1.54) is 42.6 Å². The average molecular weight is 232 g/mol. The van der Waals surface area contributed by atoms with Crippen molar-refractivity contribution in [1.82, 2.24) is 5.32 Å². The molecule has 0 aromatic heterocycles. The normalized spacial score (nSPS) is 14.5. The molecule has 2 rings (SSSR count). The van der Waals surface area contributed by atoms with Crippen LogP contribution in [0.3, 0.4) is 0 Å². The molecule has 0 saturated carbocycles. The van der Waals surface area contributed by atoms with Gasteiger partial charge in [0.1, 0.15) is 0 Å². The van der Waals surface area contributed by atoms with Crippen molar-refractivity contribution in [3.8, 4) is 0 Å². The van der Waals surface area contributed by atoms with Crippen LogP contribution in [0.2, 0.25) is 0 Å². The van der Waals surface area contributed by atoms with Crippen molar-refractivity contribution in [2.75, 3.05) is 18.5 Å². The van der Waals surface area contributed by atoms with Crippen LogP contribution < -0.4 is 10.2 Å². The molecule has 0 atom stereocenters. The van der Waals surface area contributed by atoms with Crippen LogP contribution in [0, 0.1) is 0 Å². The summed E-state index contributed by atoms with van der Waals surface area (Å²) < 4.78 is 0. The molecule has 1 aromatic carbocycles. The summed E-state index contributed by atoms with van der Waals surface area (Å²) in [6.45, 7) is 6.67. The van der Waals surface area contributed by atoms with Crippen molar-refractivity contribution in [1.29, 1.82) is 0 Å². The van der Waals surface area contributed by atoms with Gasteiger partial charge in [-0.2, -0.15) is 0 Å². The molecule has 0 amide bonds. The van der Waals surface area contributed by atoms with Gasteiger partial charge in [-0.1, -0.05) is 26.0 Å². The third-order valence-electron chi connectivity index (χ3n) is 3.85. The van der Waals surface area contributed by atoms with Gasteiger partial charge in [0.15, 0.2) is 0 Å². The Kier molecular flexibility index (Phi) is 4.06. The van der Waals surface area contributed by atoms with E-state index in [1.807, 2.05) is 0 Å². The van der Waals surface area contributed by atoms with Crippen LogP contribution in [-0.4, -0.2) is 19.6 Å². The van der Waals surface area contributed by atoms with E-state index in [-0.39, 0.29) is 0 Å². The Hall–Kier alpha value is -1.02. The fourth-order valence-corrected chi connectivity index (χ4v) is 2.57. The molecule has 0 aliphatic carbocycles. The molecule has 0 saturated heterocycles. The maximum Gasteiger partial charge on any atom is 0.0397 e. The zero-order valence-electron chi connectivity index (χ0n) is 11.3. The first kappa shape index (κ1) is 12.4. The lowest BCUT2D eigenvalue weighted by Gasteiger charge is -2.16. The van der Waals surface area contributed by atoms with Crippen molar-refractivity contribution in [2.45, 2.75) is 45.7 Å². The summed E-state index contributed by atoms with van der Waals surface area (Å²) in [6.07, 6.45) is 3.62. The van der Waals surface area contributed by atoms with Gasteiger partial charge in [-0.05, 0) is 36.5 Å². The molecule has 0 radical (unpaired) electrons. The first-order chi connectivity index (χ1) is 8.24. The van der Waals surface area contributed by atoms with Crippen molar-refractivity contribution >= 4 is 5.69 Å². The SMILES string of the molecule is CCC(CC)NCc1ccc2c(c1)CCN2C. The molecule has 1 N–H and O–H groups in total. The number of nitrogens with zero attached hydrogens (tertiary/aromatic N) is 1. The number of benzene rings is 1. The predicted octanol–water partition coefficient (Wildman–Crippen LogP) is 2.96. The van der Waals surface area contributed by atoms with Crippen molar-refractivity contribution in [2.24, 2.45) is 0 Å². The van der Waals surface area contributed by atoms with Crippen LogP contribution in [0.4, 0.5) is 5.69 Å². The lowest BCUT2D eigenvalue weighted by Crippen LogP contribution is -2.26. The fraction of sp³-hybridized carbons (Fsp3) is 0.600. The van der Waals surface area contributed by atoms with E-state index < -0.39 is 0 Å². The predicted molar refractivity (Wildman–Crippen MR) is 74.6 cm³/mol. The zero-order chi connectivity index (χ0) is 12.3. The van der Waals surface area contributed by atoms with Crippen molar-refractivity contribution in [3.63, 3.8) is 0 Å². The molecule has 94 valence electrons. The highest BCUT2D eigenvalue weighted by Gasteiger charge is 2.15. The first-order valence-corrected chi connectivity index (χ1v) is 6.81. The minimum absolute atomic E-state index is 0.658. The van der Waals surface area contributed by atoms with E-state index in [9.17, 15) is 0 Å². The van der Waals surface area contributed by atoms with Crippen LogP contribution in [0.15, 0.2) is 18.2 Å². The van der Waals surface area contributed by atoms with E-state index >= 15 is 0 Å². The highest BCUT2D eigenvalue weighted by Crippen LogP contribution is 2.27. The molecule has 1 aliphatic rings. The Morgan fingerprint density at radius 3 is 2.76 bits per heavy atom. The van der Waals surface area contributed by atoms with Gasteiger partial charge in [0.2, 0.25) is 0 Å². The van der Waals surface area contributed by atoms with E-state index in [0.29, 0.717) is 6.04 Å². The average Bonchev–Trinajstić information content (AvgIpc) is 2.72. The summed E-state index contributed by atoms with van der Waals surface area (Å²) in [5.41, 5.74) is 4.35. The molecule has 0 bridgehead atoms. The Labute approximate surface area is 105 Å². The van der Waals surface area contributed by atoms with Crippen LogP contribution in [0.1, 0.15) is 37.8 Å². The number of anilines is 1. The lowest BCUT2D eigenvalue weighted by atomic mass is 10.1. The van der Waals surface area contributed by atoms with Gasteiger partial charge in [-0.3, -0.25) is 0 Å². The largest absolute Gasteiger partial charge is 0.374 e. The quantitative estimate of drug-likeness (QED) is 0.839. The molecule has 1 heterocycles. The maximum atomic E-state index is 3.62. The summed E-state index contributed by atoms with van der Waals surface area (Å²) in [4.78, 5) is 2.34. The van der Waals surface area contributed by atoms with E-state index in [0.717, 1.165) is 6.54 Å². The molecule has 0 spiro atoms. The summed E-state index contributed by atoms with van der Waals surface area (Å²) in [6, 6.07) is 7.56. The third kappa shape index (κ3) is 2.81. The lowest BCUT2D eigenvalue weighted by molar-refractivity contribution is 0.484. The molecule has 1 aliphatic heterocycles. The molecule has 0 fully saturated rings. The third-order valence-corrected chi connectivity index (χ3v) is 3.85. The van der Waals surface area contributed by atoms with Gasteiger partial charge >= 0.3 is 0 Å². The Balaban J connectivity index is 1.99. The van der Waals surface area contributed by atoms with Gasteiger partial charge in [-0.25, -0.2) is 0 Å². The van der Waals surface area contributed by atoms with Gasteiger partial charge in [-0.15, -0.1) is 0 Å². The summed E-state index contributed by atoms with van der Waals surface area (Å²) >= 11 is 0. The van der Waals surface area contributed by atoms with Gasteiger partial charge in [0, 0.05) is 31.9 Å². The molecule has 2 nitrogen and oxygen atoms in total. The van der Waals surface area contributed by atoms with Gasteiger partial charge in [0.05, 0.1) is 0 Å². The van der Waals surface area contributed by atoms with Gasteiger partial charge < -0.3 is 10.2 Å². The Bertz CT molecular complexity index is 369. The standard InChI is InChI=1S/C15H24N2/c1-4-14(5-2)16-11-12-6-7-15-13(10-12)8-9-17(15)3/h6-7,10,14,16H,4-5,8-9,11H2,1-3H3. The monoisotopic (exact) mass is 232 g/mol. The molecule has 17 heavy (non-hydrogen) atoms. The molecule has 0 unspecified atom stereocenters. The smallest absolute Gasteiger partial charge is 0.0397 e. The number of rotatable bonds is 5. The molecular weight excluding hydrogens is 208 g/mol. The second kappa shape index (κ2) is 5.54. The van der Waals surface area contributed by atoms with Crippen LogP contribution in [0.25, 0.3) is 0 Å². The van der Waals surface area contributed by atoms with Crippen molar-refractivity contribution < 1.29 is 0 Å². The number of fused-ring (bicyclic) bond motifs is 1. The molecular formula is C15H24N2. The van der Waals surface area contributed by atoms with E-state index in [4.69, 9.17) is 0 Å². The summed E-state index contributed by atoms with van der Waals surface area (Å²) in [7, 11) is 2.17. The highest BCUT2D eigenvalue weighted by molar-refractivity contribution is 5.58. The summed E-state index contributed by atoms with van der Waals surface area (Å²) in [5.74, 6) is 0. The first-order valence-electron chi connectivity index (χ1n) is 6.81. The Morgan fingerprint density at radius 2 is 2.06 bits per heavy atom. The maximum absolute atomic E-state index is 3.62. The number of likely N-dealkylation sites (N-methyl/N-ethyl adjacent to an activating group) is 1. The van der Waals surface area contributed by atoms with E-state index in [2.05, 4.69) is 49.3 Å². The van der Waals surface area contributed by atoms with Crippen LogP contribution in [-0.2, 0) is 13.0 Å². The number of hydrogen-bond acceptors (Lipinski definition) is 2. The molecule has 2 heteroatoms. The Morgan fingerprint density at radius 1 is 1.29 bits per heavy atom. The van der Waals surface area contributed by atoms with Gasteiger partial charge in [0.25, 0.3) is 0 Å². The van der Waals surface area contributed by atoms with E-state index in [1.54, 1.807) is 0 Å². The van der Waals surface area contributed by atoms with Crippen LogP contribution in [0.5, 0.6) is 0 Å². The minimum Gasteiger partial charge on any atom is -0.374 e. The zero-order valence-corrected chi connectivity index (χ0v) is 11.3. The number of hydrogen-bond donors (Lipinski definition) is 1. The molecule has 1 aromatic rings. The summed E-state index contributed by atoms with van der Waals surface area (Å²) in [5, 5.41) is 3.62. The van der Waals surface area contributed by atoms with Crippen LogP contribution >= 0.6 is 0 Å². The second-order valence-electron chi connectivity index (χ2n) is 5.03.